The summed E-state index contributed by atoms with van der Waals surface area (Å²) in [7, 11) is 0. The average molecular weight is 291 g/mol. The summed E-state index contributed by atoms with van der Waals surface area (Å²) in [5.41, 5.74) is 7.44. The number of nitrogens with zero attached hydrogens (tertiary/aromatic N) is 2. The molecule has 1 heterocycles. The molecule has 20 heavy (non-hydrogen) atoms. The quantitative estimate of drug-likeness (QED) is 0.875. The van der Waals surface area contributed by atoms with Gasteiger partial charge in [-0.3, -0.25) is 0 Å². The van der Waals surface area contributed by atoms with E-state index in [0.29, 0.717) is 22.5 Å². The lowest BCUT2D eigenvalue weighted by molar-refractivity contribution is 0.546. The third-order valence-electron chi connectivity index (χ3n) is 2.98. The summed E-state index contributed by atoms with van der Waals surface area (Å²) in [6.07, 6.45) is 0. The van der Waals surface area contributed by atoms with Gasteiger partial charge in [0.05, 0.1) is 10.7 Å². The highest BCUT2D eigenvalue weighted by molar-refractivity contribution is 6.33. The molecule has 0 saturated heterocycles. The molecule has 0 aliphatic heterocycles. The van der Waals surface area contributed by atoms with Crippen LogP contribution in [0.3, 0.4) is 0 Å². The minimum Gasteiger partial charge on any atom is -0.383 e. The van der Waals surface area contributed by atoms with Gasteiger partial charge in [0.2, 0.25) is 0 Å². The number of nitrogen functional groups attached to an aromatic ring is 1. The summed E-state index contributed by atoms with van der Waals surface area (Å²) < 4.78 is 0. The molecule has 0 amide bonds. The third-order valence-corrected chi connectivity index (χ3v) is 3.31. The van der Waals surface area contributed by atoms with Crippen LogP contribution in [0.5, 0.6) is 0 Å². The Morgan fingerprint density at radius 3 is 2.40 bits per heavy atom. The van der Waals surface area contributed by atoms with Crippen molar-refractivity contribution >= 4 is 28.9 Å². The van der Waals surface area contributed by atoms with Gasteiger partial charge in [0.1, 0.15) is 17.5 Å². The van der Waals surface area contributed by atoms with Gasteiger partial charge in [0.15, 0.2) is 0 Å². The number of nitrogens with two attached hydrogens (primary N) is 1. The molecular weight excluding hydrogens is 272 g/mol. The zero-order valence-electron chi connectivity index (χ0n) is 12.2. The fraction of sp³-hybridized carbons (Fsp3) is 0.333. The Balaban J connectivity index is 2.46. The van der Waals surface area contributed by atoms with E-state index >= 15 is 0 Å². The average Bonchev–Trinajstić information content (AvgIpc) is 2.36. The Morgan fingerprint density at radius 2 is 1.80 bits per heavy atom. The summed E-state index contributed by atoms with van der Waals surface area (Å²) in [4.78, 5) is 8.94. The van der Waals surface area contributed by atoms with Crippen molar-refractivity contribution < 1.29 is 0 Å². The van der Waals surface area contributed by atoms with Crippen LogP contribution in [0.1, 0.15) is 32.2 Å². The first kappa shape index (κ1) is 14.6. The molecule has 0 spiro atoms. The highest BCUT2D eigenvalue weighted by atomic mass is 35.5. The van der Waals surface area contributed by atoms with Crippen molar-refractivity contribution in [3.63, 3.8) is 0 Å². The Bertz CT molecular complexity index is 632. The fourth-order valence-electron chi connectivity index (χ4n) is 1.68. The lowest BCUT2D eigenvalue weighted by atomic mass is 9.95. The first-order valence-electron chi connectivity index (χ1n) is 6.45. The van der Waals surface area contributed by atoms with Gasteiger partial charge in [-0.25, -0.2) is 9.97 Å². The molecule has 5 heteroatoms. The molecule has 1 aromatic heterocycles. The standard InChI is InChI=1S/C15H19ClN4/c1-9-12(17)19-14(15(2,3)4)20-13(9)18-11-8-6-5-7-10(11)16/h5-8H,1-4H3,(H3,17,18,19,20). The smallest absolute Gasteiger partial charge is 0.139 e. The van der Waals surface area contributed by atoms with Gasteiger partial charge in [-0.2, -0.15) is 0 Å². The lowest BCUT2D eigenvalue weighted by Gasteiger charge is -2.20. The molecule has 0 atom stereocenters. The SMILES string of the molecule is Cc1c(N)nc(C(C)(C)C)nc1Nc1ccccc1Cl. The number of para-hydroxylation sites is 1. The second-order valence-corrected chi connectivity index (χ2v) is 6.17. The van der Waals surface area contributed by atoms with Crippen LogP contribution in [0.15, 0.2) is 24.3 Å². The largest absolute Gasteiger partial charge is 0.383 e. The maximum Gasteiger partial charge on any atom is 0.139 e. The zero-order chi connectivity index (χ0) is 14.9. The number of nitrogens with one attached hydrogen (secondary N) is 1. The Labute approximate surface area is 124 Å². The Kier molecular flexibility index (Phi) is 3.86. The molecule has 2 aromatic rings. The van der Waals surface area contributed by atoms with Crippen molar-refractivity contribution in [3.8, 4) is 0 Å². The van der Waals surface area contributed by atoms with Crippen LogP contribution < -0.4 is 11.1 Å². The van der Waals surface area contributed by atoms with Crippen LogP contribution >= 0.6 is 11.6 Å². The summed E-state index contributed by atoms with van der Waals surface area (Å²) in [5.74, 6) is 1.88. The molecule has 3 N–H and O–H groups in total. The van der Waals surface area contributed by atoms with Crippen LogP contribution in [-0.4, -0.2) is 9.97 Å². The summed E-state index contributed by atoms with van der Waals surface area (Å²) >= 11 is 6.16. The normalized spacial score (nSPS) is 11.4. The summed E-state index contributed by atoms with van der Waals surface area (Å²) in [6, 6.07) is 7.53. The second kappa shape index (κ2) is 5.29. The molecule has 106 valence electrons. The van der Waals surface area contributed by atoms with Crippen LogP contribution in [-0.2, 0) is 5.41 Å². The van der Waals surface area contributed by atoms with Gasteiger partial charge in [-0.1, -0.05) is 44.5 Å². The number of rotatable bonds is 2. The van der Waals surface area contributed by atoms with E-state index in [1.165, 1.54) is 0 Å². The first-order chi connectivity index (χ1) is 9.29. The molecule has 0 unspecified atom stereocenters. The number of hydrogen-bond acceptors (Lipinski definition) is 4. The van der Waals surface area contributed by atoms with E-state index in [0.717, 1.165) is 11.3 Å². The maximum atomic E-state index is 6.16. The predicted octanol–water partition coefficient (Wildman–Crippen LogP) is 4.06. The van der Waals surface area contributed by atoms with Crippen molar-refractivity contribution in [1.29, 1.82) is 0 Å². The highest BCUT2D eigenvalue weighted by Gasteiger charge is 2.20. The van der Waals surface area contributed by atoms with Crippen molar-refractivity contribution in [1.82, 2.24) is 9.97 Å². The molecule has 0 saturated carbocycles. The van der Waals surface area contributed by atoms with Crippen LogP contribution in [0, 0.1) is 6.92 Å². The van der Waals surface area contributed by atoms with E-state index in [4.69, 9.17) is 17.3 Å². The zero-order valence-corrected chi connectivity index (χ0v) is 12.9. The van der Waals surface area contributed by atoms with Crippen molar-refractivity contribution in [2.45, 2.75) is 33.1 Å². The molecule has 0 radical (unpaired) electrons. The molecule has 0 fully saturated rings. The predicted molar refractivity (Wildman–Crippen MR) is 84.6 cm³/mol. The van der Waals surface area contributed by atoms with E-state index in [9.17, 15) is 0 Å². The van der Waals surface area contributed by atoms with Crippen LogP contribution in [0.4, 0.5) is 17.3 Å². The van der Waals surface area contributed by atoms with Crippen LogP contribution in [0.2, 0.25) is 5.02 Å². The van der Waals surface area contributed by atoms with E-state index in [1.54, 1.807) is 0 Å². The molecule has 4 nitrogen and oxygen atoms in total. The van der Waals surface area contributed by atoms with Gasteiger partial charge in [-0.15, -0.1) is 0 Å². The van der Waals surface area contributed by atoms with E-state index in [-0.39, 0.29) is 5.41 Å². The van der Waals surface area contributed by atoms with E-state index < -0.39 is 0 Å². The highest BCUT2D eigenvalue weighted by Crippen LogP contribution is 2.29. The maximum absolute atomic E-state index is 6.16. The molecule has 1 aromatic carbocycles. The minimum atomic E-state index is -0.168. The minimum absolute atomic E-state index is 0.168. The monoisotopic (exact) mass is 290 g/mol. The number of aromatic nitrogens is 2. The van der Waals surface area contributed by atoms with Gasteiger partial charge < -0.3 is 11.1 Å². The number of hydrogen-bond donors (Lipinski definition) is 2. The number of benzene rings is 1. The van der Waals surface area contributed by atoms with Crippen molar-refractivity contribution in [2.75, 3.05) is 11.1 Å². The first-order valence-corrected chi connectivity index (χ1v) is 6.83. The summed E-state index contributed by atoms with van der Waals surface area (Å²) in [6.45, 7) is 8.05. The van der Waals surface area contributed by atoms with Gasteiger partial charge in [-0.05, 0) is 19.1 Å². The van der Waals surface area contributed by atoms with E-state index in [2.05, 4.69) is 36.1 Å². The number of anilines is 3. The number of halogens is 1. The Hall–Kier alpha value is -1.81. The van der Waals surface area contributed by atoms with E-state index in [1.807, 2.05) is 31.2 Å². The second-order valence-electron chi connectivity index (χ2n) is 5.76. The Morgan fingerprint density at radius 1 is 1.15 bits per heavy atom. The van der Waals surface area contributed by atoms with Crippen molar-refractivity contribution in [2.24, 2.45) is 0 Å². The molecular formula is C15H19ClN4. The van der Waals surface area contributed by atoms with Crippen LogP contribution in [0.25, 0.3) is 0 Å². The molecule has 0 bridgehead atoms. The molecule has 2 rings (SSSR count). The van der Waals surface area contributed by atoms with Gasteiger partial charge >= 0.3 is 0 Å². The topological polar surface area (TPSA) is 63.8 Å². The molecule has 0 aliphatic carbocycles. The lowest BCUT2D eigenvalue weighted by Crippen LogP contribution is -2.18. The molecule has 0 aliphatic rings. The third kappa shape index (κ3) is 3.02. The summed E-state index contributed by atoms with van der Waals surface area (Å²) in [5, 5.41) is 3.87. The van der Waals surface area contributed by atoms with Crippen molar-refractivity contribution in [3.05, 3.63) is 40.7 Å². The van der Waals surface area contributed by atoms with Gasteiger partial charge in [0, 0.05) is 11.0 Å². The van der Waals surface area contributed by atoms with Gasteiger partial charge in [0.25, 0.3) is 0 Å². The fourth-order valence-corrected chi connectivity index (χ4v) is 1.86.